The zero-order valence-corrected chi connectivity index (χ0v) is 15.3. The van der Waals surface area contributed by atoms with Gasteiger partial charge in [0.25, 0.3) is 0 Å². The summed E-state index contributed by atoms with van der Waals surface area (Å²) >= 11 is 0. The molecule has 0 aliphatic rings. The van der Waals surface area contributed by atoms with Gasteiger partial charge in [0.2, 0.25) is 0 Å². The van der Waals surface area contributed by atoms with E-state index in [0.29, 0.717) is 5.54 Å². The van der Waals surface area contributed by atoms with E-state index < -0.39 is 0 Å². The molecule has 0 spiro atoms. The Morgan fingerprint density at radius 1 is 0.750 bits per heavy atom. The van der Waals surface area contributed by atoms with Crippen molar-refractivity contribution in [2.24, 2.45) is 0 Å². The van der Waals surface area contributed by atoms with E-state index in [4.69, 9.17) is 0 Å². The second-order valence-electron chi connectivity index (χ2n) is 5.65. The number of hydrogen-bond acceptors (Lipinski definition) is 1. The molecular weight excluding hydrogens is 391 g/mol. The fourth-order valence-corrected chi connectivity index (χ4v) is 1.72. The molecule has 3 radical (unpaired) electrons. The SMILES string of the molecule is CCCCCCCCCCNC(C)(C)C.[Bi]. The zero-order valence-electron chi connectivity index (χ0n) is 11.8. The van der Waals surface area contributed by atoms with Crippen LogP contribution in [0.1, 0.15) is 79.1 Å². The van der Waals surface area contributed by atoms with E-state index in [1.807, 2.05) is 0 Å². The Morgan fingerprint density at radius 2 is 1.19 bits per heavy atom. The fraction of sp³-hybridized carbons (Fsp3) is 1.00. The summed E-state index contributed by atoms with van der Waals surface area (Å²) in [5.41, 5.74) is 0.293. The third-order valence-electron chi connectivity index (χ3n) is 2.69. The van der Waals surface area contributed by atoms with Crippen LogP contribution in [0.3, 0.4) is 0 Å². The standard InChI is InChI=1S/C14H31N.Bi/c1-5-6-7-8-9-10-11-12-13-15-14(2,3)4;/h15H,5-13H2,1-4H3;. The van der Waals surface area contributed by atoms with E-state index in [1.165, 1.54) is 57.9 Å². The van der Waals surface area contributed by atoms with Crippen LogP contribution in [-0.2, 0) is 0 Å². The van der Waals surface area contributed by atoms with Crippen LogP contribution < -0.4 is 5.32 Å². The Hall–Kier alpha value is 0.843. The maximum Gasteiger partial charge on any atom is 0.00965 e. The van der Waals surface area contributed by atoms with E-state index >= 15 is 0 Å². The molecule has 0 heterocycles. The molecule has 0 aliphatic heterocycles. The Kier molecular flexibility index (Phi) is 14.8. The summed E-state index contributed by atoms with van der Waals surface area (Å²) in [5, 5.41) is 3.53. The molecular formula is C14H31BiN. The van der Waals surface area contributed by atoms with Gasteiger partial charge in [-0.25, -0.2) is 0 Å². The molecule has 1 nitrogen and oxygen atoms in total. The van der Waals surface area contributed by atoms with Gasteiger partial charge in [0.1, 0.15) is 0 Å². The average molecular weight is 422 g/mol. The Balaban J connectivity index is 0. The number of hydrogen-bond donors (Lipinski definition) is 1. The smallest absolute Gasteiger partial charge is 0.00965 e. The molecule has 0 atom stereocenters. The number of unbranched alkanes of at least 4 members (excludes halogenated alkanes) is 7. The van der Waals surface area contributed by atoms with Crippen molar-refractivity contribution in [3.05, 3.63) is 0 Å². The second-order valence-corrected chi connectivity index (χ2v) is 5.65. The molecule has 0 aromatic rings. The van der Waals surface area contributed by atoms with E-state index in [0.717, 1.165) is 0 Å². The number of nitrogens with one attached hydrogen (secondary N) is 1. The Morgan fingerprint density at radius 3 is 1.62 bits per heavy atom. The molecule has 0 rings (SSSR count). The van der Waals surface area contributed by atoms with Gasteiger partial charge in [0.15, 0.2) is 0 Å². The molecule has 1 N–H and O–H groups in total. The summed E-state index contributed by atoms with van der Waals surface area (Å²) in [6, 6.07) is 0. The van der Waals surface area contributed by atoms with Crippen LogP contribution in [0.4, 0.5) is 0 Å². The van der Waals surface area contributed by atoms with Gasteiger partial charge in [-0.15, -0.1) is 0 Å². The van der Waals surface area contributed by atoms with Crippen molar-refractivity contribution in [3.8, 4) is 0 Å². The zero-order chi connectivity index (χ0) is 11.6. The van der Waals surface area contributed by atoms with Crippen molar-refractivity contribution in [3.63, 3.8) is 0 Å². The van der Waals surface area contributed by atoms with Crippen LogP contribution >= 0.6 is 0 Å². The third kappa shape index (κ3) is 17.2. The monoisotopic (exact) mass is 422 g/mol. The van der Waals surface area contributed by atoms with Crippen LogP contribution in [0.25, 0.3) is 0 Å². The van der Waals surface area contributed by atoms with Crippen LogP contribution in [0.15, 0.2) is 0 Å². The number of rotatable bonds is 9. The van der Waals surface area contributed by atoms with Crippen LogP contribution in [0.2, 0.25) is 0 Å². The fourth-order valence-electron chi connectivity index (χ4n) is 1.72. The predicted molar refractivity (Wildman–Crippen MR) is 76.1 cm³/mol. The van der Waals surface area contributed by atoms with Crippen molar-refractivity contribution >= 4 is 26.2 Å². The van der Waals surface area contributed by atoms with Gasteiger partial charge >= 0.3 is 0 Å². The molecule has 0 fully saturated rings. The minimum atomic E-state index is 0. The van der Waals surface area contributed by atoms with Gasteiger partial charge < -0.3 is 5.32 Å². The summed E-state index contributed by atoms with van der Waals surface area (Å²) in [7, 11) is 0. The van der Waals surface area contributed by atoms with Crippen molar-refractivity contribution in [2.45, 2.75) is 84.6 Å². The Labute approximate surface area is 122 Å². The van der Waals surface area contributed by atoms with Gasteiger partial charge in [-0.3, -0.25) is 0 Å². The topological polar surface area (TPSA) is 12.0 Å². The van der Waals surface area contributed by atoms with Crippen molar-refractivity contribution in [1.82, 2.24) is 5.32 Å². The first kappa shape index (κ1) is 19.2. The third-order valence-corrected chi connectivity index (χ3v) is 2.69. The van der Waals surface area contributed by atoms with Crippen molar-refractivity contribution in [1.29, 1.82) is 0 Å². The molecule has 0 aromatic carbocycles. The largest absolute Gasteiger partial charge is 0.312 e. The minimum Gasteiger partial charge on any atom is -0.312 e. The molecule has 0 bridgehead atoms. The predicted octanol–water partition coefficient (Wildman–Crippen LogP) is 4.13. The molecule has 0 saturated heterocycles. The molecule has 0 saturated carbocycles. The summed E-state index contributed by atoms with van der Waals surface area (Å²) in [5.74, 6) is 0. The van der Waals surface area contributed by atoms with E-state index in [1.54, 1.807) is 0 Å². The molecule has 97 valence electrons. The van der Waals surface area contributed by atoms with Gasteiger partial charge in [-0.2, -0.15) is 0 Å². The minimum absolute atomic E-state index is 0. The van der Waals surface area contributed by atoms with Gasteiger partial charge in [0, 0.05) is 31.7 Å². The quantitative estimate of drug-likeness (QED) is 0.435. The van der Waals surface area contributed by atoms with E-state index in [2.05, 4.69) is 33.0 Å². The maximum absolute atomic E-state index is 3.53. The molecule has 0 aliphatic carbocycles. The molecule has 0 amide bonds. The maximum atomic E-state index is 3.53. The van der Waals surface area contributed by atoms with E-state index in [9.17, 15) is 0 Å². The van der Waals surface area contributed by atoms with Crippen molar-refractivity contribution < 1.29 is 0 Å². The first-order valence-electron chi connectivity index (χ1n) is 6.81. The first-order valence-corrected chi connectivity index (χ1v) is 6.81. The summed E-state index contributed by atoms with van der Waals surface area (Å²) in [4.78, 5) is 0. The van der Waals surface area contributed by atoms with Crippen LogP contribution in [0.5, 0.6) is 0 Å². The average Bonchev–Trinajstić information content (AvgIpc) is 2.14. The normalized spacial score (nSPS) is 11.2. The summed E-state index contributed by atoms with van der Waals surface area (Å²) in [6.07, 6.45) is 11.3. The first-order chi connectivity index (χ1) is 7.06. The van der Waals surface area contributed by atoms with E-state index in [-0.39, 0.29) is 26.2 Å². The Bertz CT molecular complexity index is 129. The molecule has 0 aromatic heterocycles. The molecule has 16 heavy (non-hydrogen) atoms. The molecule has 0 unspecified atom stereocenters. The summed E-state index contributed by atoms with van der Waals surface area (Å²) < 4.78 is 0. The van der Waals surface area contributed by atoms with Gasteiger partial charge in [-0.1, -0.05) is 51.9 Å². The second kappa shape index (κ2) is 12.3. The molecule has 2 heteroatoms. The summed E-state index contributed by atoms with van der Waals surface area (Å²) in [6.45, 7) is 10.2. The van der Waals surface area contributed by atoms with Crippen molar-refractivity contribution in [2.75, 3.05) is 6.54 Å². The van der Waals surface area contributed by atoms with Crippen LogP contribution in [0, 0.1) is 0 Å². The van der Waals surface area contributed by atoms with Gasteiger partial charge in [0.05, 0.1) is 0 Å². The van der Waals surface area contributed by atoms with Crippen LogP contribution in [-0.4, -0.2) is 38.3 Å². The van der Waals surface area contributed by atoms with Gasteiger partial charge in [-0.05, 0) is 33.7 Å².